The Morgan fingerprint density at radius 2 is 2.15 bits per heavy atom. The van der Waals surface area contributed by atoms with Crippen LogP contribution in [0.1, 0.15) is 36.6 Å². The van der Waals surface area contributed by atoms with E-state index in [1.54, 1.807) is 13.3 Å². The van der Waals surface area contributed by atoms with Crippen molar-refractivity contribution in [3.05, 3.63) is 47.5 Å². The number of aromatic amines is 1. The van der Waals surface area contributed by atoms with Gasteiger partial charge in [0.2, 0.25) is 10.0 Å². The number of H-pyrrole nitrogens is 1. The Kier molecular flexibility index (Phi) is 4.13. The zero-order valence-electron chi connectivity index (χ0n) is 11.8. The van der Waals surface area contributed by atoms with Crippen LogP contribution in [0.2, 0.25) is 0 Å². The molecule has 0 amide bonds. The number of rotatable bonds is 5. The molecule has 6 heteroatoms. The van der Waals surface area contributed by atoms with Gasteiger partial charge in [0.05, 0.1) is 23.5 Å². The highest BCUT2D eigenvalue weighted by Crippen LogP contribution is 2.27. The Labute approximate surface area is 119 Å². The molecule has 1 heterocycles. The van der Waals surface area contributed by atoms with E-state index < -0.39 is 10.0 Å². The molecule has 0 saturated heterocycles. The summed E-state index contributed by atoms with van der Waals surface area (Å²) in [6, 6.07) is 5.80. The third-order valence-corrected chi connectivity index (χ3v) is 4.66. The fourth-order valence-electron chi connectivity index (χ4n) is 1.94. The Hall–Kier alpha value is -1.82. The van der Waals surface area contributed by atoms with Crippen LogP contribution in [0.4, 0.5) is 5.69 Å². The van der Waals surface area contributed by atoms with E-state index in [-0.39, 0.29) is 11.7 Å². The van der Waals surface area contributed by atoms with Gasteiger partial charge in [0.25, 0.3) is 0 Å². The van der Waals surface area contributed by atoms with Crippen LogP contribution in [-0.4, -0.2) is 24.1 Å². The third kappa shape index (κ3) is 3.19. The second-order valence-corrected chi connectivity index (χ2v) is 6.81. The Morgan fingerprint density at radius 1 is 1.40 bits per heavy atom. The minimum Gasteiger partial charge on any atom is -0.351 e. The van der Waals surface area contributed by atoms with Gasteiger partial charge in [-0.25, -0.2) is 13.4 Å². The second-order valence-electron chi connectivity index (χ2n) is 4.80. The molecule has 1 atom stereocenters. The lowest BCUT2D eigenvalue weighted by molar-refractivity contribution is 0.602. The number of hydrogen-bond acceptors (Lipinski definition) is 3. The molecule has 20 heavy (non-hydrogen) atoms. The van der Waals surface area contributed by atoms with Crippen LogP contribution in [0.3, 0.4) is 0 Å². The molecule has 5 nitrogen and oxygen atoms in total. The lowest BCUT2D eigenvalue weighted by Crippen LogP contribution is -2.15. The van der Waals surface area contributed by atoms with E-state index in [4.69, 9.17) is 0 Å². The van der Waals surface area contributed by atoms with E-state index in [1.807, 2.05) is 38.2 Å². The van der Waals surface area contributed by atoms with Gasteiger partial charge in [-0.2, -0.15) is 0 Å². The molecular formula is C14H19N3O2S. The zero-order valence-corrected chi connectivity index (χ0v) is 12.7. The van der Waals surface area contributed by atoms with Crippen molar-refractivity contribution in [2.75, 3.05) is 10.5 Å². The number of anilines is 1. The highest BCUT2D eigenvalue weighted by Gasteiger charge is 2.14. The number of sulfonamides is 1. The lowest BCUT2D eigenvalue weighted by atomic mass is 9.96. The SMILES string of the molecule is CCS(=O)(=O)Nc1cc(C(C)c2c[nH]cn2)ccc1C. The molecular weight excluding hydrogens is 274 g/mol. The summed E-state index contributed by atoms with van der Waals surface area (Å²) in [5.74, 6) is 0.165. The average Bonchev–Trinajstić information content (AvgIpc) is 2.94. The quantitative estimate of drug-likeness (QED) is 0.890. The van der Waals surface area contributed by atoms with E-state index in [2.05, 4.69) is 14.7 Å². The van der Waals surface area contributed by atoms with Crippen LogP contribution in [0.5, 0.6) is 0 Å². The van der Waals surface area contributed by atoms with Crippen molar-refractivity contribution in [1.29, 1.82) is 0 Å². The van der Waals surface area contributed by atoms with Crippen molar-refractivity contribution in [3.8, 4) is 0 Å². The fraction of sp³-hybridized carbons (Fsp3) is 0.357. The number of nitrogens with zero attached hydrogens (tertiary/aromatic N) is 1. The van der Waals surface area contributed by atoms with Crippen molar-refractivity contribution >= 4 is 15.7 Å². The summed E-state index contributed by atoms with van der Waals surface area (Å²) < 4.78 is 26.0. The van der Waals surface area contributed by atoms with E-state index in [1.165, 1.54) is 0 Å². The molecule has 1 aromatic heterocycles. The minimum absolute atomic E-state index is 0.0611. The number of benzene rings is 1. The van der Waals surface area contributed by atoms with Crippen LogP contribution < -0.4 is 4.72 Å². The van der Waals surface area contributed by atoms with Crippen LogP contribution in [-0.2, 0) is 10.0 Å². The monoisotopic (exact) mass is 293 g/mol. The molecule has 0 aliphatic heterocycles. The van der Waals surface area contributed by atoms with Gasteiger partial charge in [0, 0.05) is 12.1 Å². The minimum atomic E-state index is -3.26. The Morgan fingerprint density at radius 3 is 2.75 bits per heavy atom. The van der Waals surface area contributed by atoms with Crippen molar-refractivity contribution in [2.45, 2.75) is 26.7 Å². The normalized spacial score (nSPS) is 13.2. The molecule has 1 aromatic carbocycles. The molecule has 0 bridgehead atoms. The Bertz CT molecular complexity index is 678. The summed E-state index contributed by atoms with van der Waals surface area (Å²) in [5.41, 5.74) is 3.49. The van der Waals surface area contributed by atoms with Crippen LogP contribution >= 0.6 is 0 Å². The molecule has 0 aliphatic carbocycles. The first-order valence-corrected chi connectivity index (χ1v) is 8.18. The van der Waals surface area contributed by atoms with Gasteiger partial charge in [0.15, 0.2) is 0 Å². The molecule has 0 spiro atoms. The molecule has 1 unspecified atom stereocenters. The highest BCUT2D eigenvalue weighted by molar-refractivity contribution is 7.92. The van der Waals surface area contributed by atoms with Gasteiger partial charge in [-0.15, -0.1) is 0 Å². The lowest BCUT2D eigenvalue weighted by Gasteiger charge is -2.14. The Balaban J connectivity index is 2.34. The molecule has 0 aliphatic rings. The first-order valence-electron chi connectivity index (χ1n) is 6.52. The van der Waals surface area contributed by atoms with Gasteiger partial charge in [-0.05, 0) is 31.0 Å². The predicted molar refractivity (Wildman–Crippen MR) is 80.4 cm³/mol. The fourth-order valence-corrected chi connectivity index (χ4v) is 2.64. The maximum absolute atomic E-state index is 11.7. The number of aryl methyl sites for hydroxylation is 1. The third-order valence-electron chi connectivity index (χ3n) is 3.37. The number of aromatic nitrogens is 2. The topological polar surface area (TPSA) is 74.8 Å². The first-order chi connectivity index (χ1) is 9.43. The van der Waals surface area contributed by atoms with E-state index in [0.29, 0.717) is 5.69 Å². The largest absolute Gasteiger partial charge is 0.351 e. The summed E-state index contributed by atoms with van der Waals surface area (Å²) in [6.45, 7) is 5.54. The first kappa shape index (κ1) is 14.6. The average molecular weight is 293 g/mol. The molecule has 2 aromatic rings. The zero-order chi connectivity index (χ0) is 14.8. The van der Waals surface area contributed by atoms with Crippen molar-refractivity contribution in [1.82, 2.24) is 9.97 Å². The number of imidazole rings is 1. The van der Waals surface area contributed by atoms with Crippen molar-refractivity contribution in [2.24, 2.45) is 0 Å². The standard InChI is InChI=1S/C14H19N3O2S/c1-4-20(18,19)17-13-7-12(6-5-10(13)2)11(3)14-8-15-9-16-14/h5-9,11,17H,4H2,1-3H3,(H,15,16). The van der Waals surface area contributed by atoms with Crippen molar-refractivity contribution < 1.29 is 8.42 Å². The number of nitrogens with one attached hydrogen (secondary N) is 2. The van der Waals surface area contributed by atoms with Gasteiger partial charge in [0.1, 0.15) is 0 Å². The summed E-state index contributed by atoms with van der Waals surface area (Å²) in [6.07, 6.45) is 3.49. The smallest absolute Gasteiger partial charge is 0.232 e. The van der Waals surface area contributed by atoms with E-state index in [9.17, 15) is 8.42 Å². The van der Waals surface area contributed by atoms with E-state index in [0.717, 1.165) is 16.8 Å². The summed E-state index contributed by atoms with van der Waals surface area (Å²) >= 11 is 0. The van der Waals surface area contributed by atoms with Crippen LogP contribution in [0.15, 0.2) is 30.7 Å². The summed E-state index contributed by atoms with van der Waals surface area (Å²) in [7, 11) is -3.26. The number of hydrogen-bond donors (Lipinski definition) is 2. The highest BCUT2D eigenvalue weighted by atomic mass is 32.2. The summed E-state index contributed by atoms with van der Waals surface area (Å²) in [5, 5.41) is 0. The molecule has 0 fully saturated rings. The summed E-state index contributed by atoms with van der Waals surface area (Å²) in [4.78, 5) is 7.17. The van der Waals surface area contributed by atoms with Gasteiger partial charge in [-0.1, -0.05) is 19.1 Å². The maximum atomic E-state index is 11.7. The predicted octanol–water partition coefficient (Wildman–Crippen LogP) is 2.63. The maximum Gasteiger partial charge on any atom is 0.232 e. The van der Waals surface area contributed by atoms with Crippen LogP contribution in [0.25, 0.3) is 0 Å². The molecule has 0 saturated carbocycles. The molecule has 2 rings (SSSR count). The van der Waals surface area contributed by atoms with Gasteiger partial charge < -0.3 is 4.98 Å². The van der Waals surface area contributed by atoms with Gasteiger partial charge in [-0.3, -0.25) is 4.72 Å². The van der Waals surface area contributed by atoms with E-state index >= 15 is 0 Å². The van der Waals surface area contributed by atoms with Crippen LogP contribution in [0, 0.1) is 6.92 Å². The second kappa shape index (κ2) is 5.66. The molecule has 0 radical (unpaired) electrons. The van der Waals surface area contributed by atoms with Crippen molar-refractivity contribution in [3.63, 3.8) is 0 Å². The molecule has 2 N–H and O–H groups in total. The van der Waals surface area contributed by atoms with Gasteiger partial charge >= 0.3 is 0 Å². The molecule has 108 valence electrons.